The van der Waals surface area contributed by atoms with Gasteiger partial charge in [-0.15, -0.1) is 27.6 Å². The molecule has 270 valence electrons. The van der Waals surface area contributed by atoms with Crippen LogP contribution in [0.3, 0.4) is 0 Å². The predicted octanol–water partition coefficient (Wildman–Crippen LogP) is 14.3. The van der Waals surface area contributed by atoms with Gasteiger partial charge in [-0.2, -0.15) is 0 Å². The molecule has 0 amide bonds. The summed E-state index contributed by atoms with van der Waals surface area (Å²) in [6.07, 6.45) is 19.0. The topological polar surface area (TPSA) is 65.0 Å². The van der Waals surface area contributed by atoms with Crippen molar-refractivity contribution in [2.24, 2.45) is 0 Å². The molecule has 0 spiro atoms. The molecule has 5 nitrogen and oxygen atoms in total. The highest BCUT2D eigenvalue weighted by molar-refractivity contribution is 7.33. The first kappa shape index (κ1) is 40.1. The molecule has 0 aliphatic rings. The molecule has 50 heavy (non-hydrogen) atoms. The second-order valence-corrected chi connectivity index (χ2v) is 16.5. The number of thiophene rings is 3. The maximum atomic E-state index is 11.4. The number of hydrogen-bond donors (Lipinski definition) is 1. The molecular formula is C41H54O5PS3+. The maximum Gasteiger partial charge on any atom is 0.748 e. The summed E-state index contributed by atoms with van der Waals surface area (Å²) in [5.74, 6) is 8.39. The summed E-state index contributed by atoms with van der Waals surface area (Å²) >= 11 is 4.85. The normalized spacial score (nSPS) is 11.3. The number of rotatable bonds is 24. The van der Waals surface area contributed by atoms with Crippen molar-refractivity contribution >= 4 is 42.3 Å². The van der Waals surface area contributed by atoms with Crippen LogP contribution in [0.2, 0.25) is 0 Å². The van der Waals surface area contributed by atoms with Crippen molar-refractivity contribution in [1.82, 2.24) is 0 Å². The Bertz CT molecular complexity index is 1640. The molecule has 1 unspecified atom stereocenters. The second kappa shape index (κ2) is 23.0. The minimum Gasteiger partial charge on any atom is -0.493 e. The van der Waals surface area contributed by atoms with Crippen LogP contribution in [0.1, 0.15) is 128 Å². The van der Waals surface area contributed by atoms with Gasteiger partial charge in [0.1, 0.15) is 11.5 Å². The van der Waals surface area contributed by atoms with Gasteiger partial charge in [0.05, 0.1) is 18.1 Å². The summed E-state index contributed by atoms with van der Waals surface area (Å²) in [5, 5.41) is 0.394. The third-order valence-electron chi connectivity index (χ3n) is 8.44. The van der Waals surface area contributed by atoms with Gasteiger partial charge in [-0.05, 0) is 67.8 Å². The van der Waals surface area contributed by atoms with Gasteiger partial charge in [-0.25, -0.2) is 4.52 Å². The van der Waals surface area contributed by atoms with Crippen molar-refractivity contribution in [3.63, 3.8) is 0 Å². The van der Waals surface area contributed by atoms with Gasteiger partial charge in [0.2, 0.25) is 5.06 Å². The zero-order valence-corrected chi connectivity index (χ0v) is 33.4. The summed E-state index contributed by atoms with van der Waals surface area (Å²) in [5.41, 5.74) is 1.92. The predicted molar refractivity (Wildman–Crippen MR) is 216 cm³/mol. The van der Waals surface area contributed by atoms with E-state index in [1.54, 1.807) is 28.7 Å². The van der Waals surface area contributed by atoms with E-state index in [4.69, 9.17) is 14.0 Å². The molecular weight excluding hydrogens is 700 g/mol. The van der Waals surface area contributed by atoms with Crippen molar-refractivity contribution in [2.45, 2.75) is 124 Å². The third-order valence-corrected chi connectivity index (χ3v) is 12.2. The fraction of sp³-hybridized carbons (Fsp3) is 0.512. The lowest BCUT2D eigenvalue weighted by molar-refractivity contribution is 0.299. The second-order valence-electron chi connectivity index (χ2n) is 12.6. The Balaban J connectivity index is 1.59. The molecule has 3 aromatic heterocycles. The first-order chi connectivity index (χ1) is 24.5. The molecule has 0 aliphatic heterocycles. The Morgan fingerprint density at radius 1 is 0.600 bits per heavy atom. The lowest BCUT2D eigenvalue weighted by Gasteiger charge is -2.17. The van der Waals surface area contributed by atoms with Gasteiger partial charge in [0.25, 0.3) is 0 Å². The Kier molecular flexibility index (Phi) is 18.5. The van der Waals surface area contributed by atoms with E-state index in [1.807, 2.05) is 6.07 Å². The zero-order valence-electron chi connectivity index (χ0n) is 30.1. The van der Waals surface area contributed by atoms with Crippen LogP contribution in [0.5, 0.6) is 16.6 Å². The molecule has 0 aliphatic carbocycles. The van der Waals surface area contributed by atoms with Gasteiger partial charge in [0.15, 0.2) is 0 Å². The standard InChI is InChI=1S/C41H53O5PS3/c1-4-7-10-13-14-15-16-18-21-32-22-23-39(48-32)40-25-24-37(49-40)33-30-36(44-28-19-12-9-6-3)34(38-26-27-41(50-38)46-47(42)43)31-35(33)45-29-20-17-11-8-5-2/h22-27,30-31H,4-17,19-20,28-29H2,1-3H3/p+1. The van der Waals surface area contributed by atoms with Crippen molar-refractivity contribution in [3.8, 4) is 59.0 Å². The monoisotopic (exact) mass is 753 g/mol. The highest BCUT2D eigenvalue weighted by Crippen LogP contribution is 2.47. The molecule has 9 heteroatoms. The van der Waals surface area contributed by atoms with Crippen LogP contribution < -0.4 is 14.0 Å². The average molecular weight is 754 g/mol. The van der Waals surface area contributed by atoms with Crippen LogP contribution in [-0.4, -0.2) is 18.1 Å². The lowest BCUT2D eigenvalue weighted by Crippen LogP contribution is -2.02. The van der Waals surface area contributed by atoms with Crippen LogP contribution in [0.4, 0.5) is 0 Å². The molecule has 3 heterocycles. The molecule has 1 atom stereocenters. The quantitative estimate of drug-likeness (QED) is 0.0438. The summed E-state index contributed by atoms with van der Waals surface area (Å²) in [4.78, 5) is 14.9. The highest BCUT2D eigenvalue weighted by Gasteiger charge is 2.21. The summed E-state index contributed by atoms with van der Waals surface area (Å²) < 4.78 is 29.5. The van der Waals surface area contributed by atoms with E-state index in [0.29, 0.717) is 18.3 Å². The average Bonchev–Trinajstić information content (AvgIpc) is 3.89. The molecule has 0 fully saturated rings. The third kappa shape index (κ3) is 13.5. The molecule has 0 radical (unpaired) electrons. The highest BCUT2D eigenvalue weighted by atomic mass is 32.1. The summed E-state index contributed by atoms with van der Waals surface area (Å²) in [7, 11) is -2.74. The summed E-state index contributed by atoms with van der Waals surface area (Å²) in [6, 6.07) is 16.6. The van der Waals surface area contributed by atoms with Gasteiger partial charge >= 0.3 is 8.25 Å². The molecule has 1 aromatic carbocycles. The zero-order chi connectivity index (χ0) is 35.4. The Morgan fingerprint density at radius 3 is 1.74 bits per heavy atom. The van der Waals surface area contributed by atoms with E-state index >= 15 is 0 Å². The molecule has 0 saturated heterocycles. The first-order valence-corrected chi connectivity index (χ1v) is 22.2. The van der Waals surface area contributed by atoms with Gasteiger partial charge in [-0.3, -0.25) is 0 Å². The molecule has 1 N–H and O–H groups in total. The smallest absolute Gasteiger partial charge is 0.493 e. The lowest BCUT2D eigenvalue weighted by atomic mass is 10.1. The maximum absolute atomic E-state index is 11.4. The van der Waals surface area contributed by atoms with E-state index in [0.717, 1.165) is 69.4 Å². The minimum absolute atomic E-state index is 0.394. The molecule has 4 rings (SSSR count). The molecule has 4 aromatic rings. The van der Waals surface area contributed by atoms with Crippen LogP contribution >= 0.6 is 42.3 Å². The van der Waals surface area contributed by atoms with E-state index in [9.17, 15) is 9.46 Å². The fourth-order valence-corrected chi connectivity index (χ4v) is 8.98. The minimum atomic E-state index is -2.74. The number of benzene rings is 1. The van der Waals surface area contributed by atoms with E-state index in [-0.39, 0.29) is 0 Å². The Morgan fingerprint density at radius 2 is 1.10 bits per heavy atom. The van der Waals surface area contributed by atoms with Gasteiger partial charge in [0, 0.05) is 41.6 Å². The number of ether oxygens (including phenoxy) is 2. The SMILES string of the molecule is CCCCCCCCC#Cc1ccc(-c2ccc(-c3cc(OCCCCCC)c(-c4ccc(O[P+](=O)O)s4)cc3OCCCCCCC)s2)s1. The van der Waals surface area contributed by atoms with Crippen LogP contribution in [0.25, 0.3) is 30.6 Å². The van der Waals surface area contributed by atoms with Crippen LogP contribution in [0, 0.1) is 11.8 Å². The number of hydrogen-bond acceptors (Lipinski definition) is 7. The first-order valence-electron chi connectivity index (χ1n) is 18.6. The van der Waals surface area contributed by atoms with E-state index < -0.39 is 8.25 Å². The molecule has 0 bridgehead atoms. The van der Waals surface area contributed by atoms with E-state index in [2.05, 4.69) is 69.0 Å². The largest absolute Gasteiger partial charge is 0.748 e. The van der Waals surface area contributed by atoms with Crippen molar-refractivity contribution < 1.29 is 23.5 Å². The Hall–Kier alpha value is -2.66. The summed E-state index contributed by atoms with van der Waals surface area (Å²) in [6.45, 7) is 7.96. The van der Waals surface area contributed by atoms with Crippen LogP contribution in [-0.2, 0) is 4.57 Å². The van der Waals surface area contributed by atoms with Gasteiger partial charge < -0.3 is 9.47 Å². The van der Waals surface area contributed by atoms with Crippen molar-refractivity contribution in [2.75, 3.05) is 13.2 Å². The van der Waals surface area contributed by atoms with Crippen molar-refractivity contribution in [1.29, 1.82) is 0 Å². The van der Waals surface area contributed by atoms with Gasteiger partial charge in [-0.1, -0.05) is 121 Å². The van der Waals surface area contributed by atoms with Crippen LogP contribution in [0.15, 0.2) is 48.5 Å². The van der Waals surface area contributed by atoms with E-state index in [1.165, 1.54) is 91.7 Å². The molecule has 0 saturated carbocycles. The Labute approximate surface area is 313 Å². The number of unbranched alkanes of at least 4 members (excludes halogenated alkanes) is 13. The fourth-order valence-electron chi connectivity index (χ4n) is 5.67. The van der Waals surface area contributed by atoms with Crippen molar-refractivity contribution in [3.05, 3.63) is 53.4 Å².